The van der Waals surface area contributed by atoms with Gasteiger partial charge in [-0.3, -0.25) is 4.79 Å². The maximum absolute atomic E-state index is 11.2. The molecule has 0 heterocycles. The predicted octanol–water partition coefficient (Wildman–Crippen LogP) is 3.95. The van der Waals surface area contributed by atoms with Crippen molar-refractivity contribution in [3.05, 3.63) is 41.4 Å². The molecule has 0 aromatic heterocycles. The number of halogens is 1. The Hall–Kier alpha value is -1.28. The summed E-state index contributed by atoms with van der Waals surface area (Å²) in [5.41, 5.74) is 1.61. The van der Waals surface area contributed by atoms with Crippen LogP contribution in [0.2, 0.25) is 5.02 Å². The summed E-state index contributed by atoms with van der Waals surface area (Å²) in [6.45, 7) is 6.16. The molecule has 0 radical (unpaired) electrons. The van der Waals surface area contributed by atoms with Crippen molar-refractivity contribution in [1.29, 1.82) is 0 Å². The van der Waals surface area contributed by atoms with Crippen LogP contribution in [0.5, 0.6) is 0 Å². The maximum atomic E-state index is 11.2. The lowest BCUT2D eigenvalue weighted by Gasteiger charge is -2.20. The van der Waals surface area contributed by atoms with E-state index in [-0.39, 0.29) is 5.78 Å². The molecule has 0 spiro atoms. The van der Waals surface area contributed by atoms with E-state index in [2.05, 4.69) is 11.5 Å². The second kappa shape index (κ2) is 6.45. The van der Waals surface area contributed by atoms with Crippen molar-refractivity contribution >= 4 is 23.1 Å². The zero-order valence-electron chi connectivity index (χ0n) is 10.4. The van der Waals surface area contributed by atoms with E-state index in [9.17, 15) is 4.79 Å². The number of carbonyl (C=O) groups is 1. The molecule has 92 valence electrons. The van der Waals surface area contributed by atoms with E-state index in [1.54, 1.807) is 13.0 Å². The van der Waals surface area contributed by atoms with Crippen LogP contribution in [0, 0.1) is 0 Å². The number of benzene rings is 1. The molecule has 0 atom stereocenters. The summed E-state index contributed by atoms with van der Waals surface area (Å²) in [4.78, 5) is 13.3. The minimum atomic E-state index is 0.0350. The van der Waals surface area contributed by atoms with E-state index in [4.69, 9.17) is 11.6 Å². The van der Waals surface area contributed by atoms with Gasteiger partial charge in [-0.2, -0.15) is 0 Å². The third kappa shape index (κ3) is 3.90. The lowest BCUT2D eigenvalue weighted by atomic mass is 10.1. The number of nitrogens with zero attached hydrogens (tertiary/aromatic N) is 1. The predicted molar refractivity (Wildman–Crippen MR) is 74.2 cm³/mol. The van der Waals surface area contributed by atoms with E-state index >= 15 is 0 Å². The topological polar surface area (TPSA) is 20.3 Å². The normalized spacial score (nSPS) is 10.1. The number of allylic oxidation sites excluding steroid dienone is 1. The first-order valence-electron chi connectivity index (χ1n) is 5.68. The zero-order valence-corrected chi connectivity index (χ0v) is 11.1. The van der Waals surface area contributed by atoms with Gasteiger partial charge in [0.2, 0.25) is 0 Å². The molecule has 0 aliphatic rings. The highest BCUT2D eigenvalue weighted by Crippen LogP contribution is 2.26. The van der Waals surface area contributed by atoms with Gasteiger partial charge in [0.25, 0.3) is 0 Å². The molecule has 1 aromatic rings. The lowest BCUT2D eigenvalue weighted by Crippen LogP contribution is -2.18. The monoisotopic (exact) mass is 251 g/mol. The van der Waals surface area contributed by atoms with Crippen LogP contribution in [0.4, 0.5) is 5.69 Å². The standard InChI is InChI=1S/C14H18ClNO/c1-4-5-6-9-16(3)14-8-7-12(11(2)17)10-13(14)15/h4,7-8,10H,1,5-6,9H2,2-3H3. The second-order valence-electron chi connectivity index (χ2n) is 4.07. The molecular formula is C14H18ClNO. The summed E-state index contributed by atoms with van der Waals surface area (Å²) in [5.74, 6) is 0.0350. The highest BCUT2D eigenvalue weighted by atomic mass is 35.5. The summed E-state index contributed by atoms with van der Waals surface area (Å²) < 4.78 is 0. The molecule has 0 aliphatic carbocycles. The molecule has 0 saturated heterocycles. The number of Topliss-reactive ketones (excluding diaryl/α,β-unsaturated/α-hetero) is 1. The summed E-state index contributed by atoms with van der Waals surface area (Å²) in [7, 11) is 2.00. The number of hydrogen-bond donors (Lipinski definition) is 0. The van der Waals surface area contributed by atoms with Crippen molar-refractivity contribution < 1.29 is 4.79 Å². The molecule has 1 rings (SSSR count). The number of hydrogen-bond acceptors (Lipinski definition) is 2. The summed E-state index contributed by atoms with van der Waals surface area (Å²) in [5, 5.41) is 0.624. The lowest BCUT2D eigenvalue weighted by molar-refractivity contribution is 0.101. The van der Waals surface area contributed by atoms with Crippen molar-refractivity contribution in [1.82, 2.24) is 0 Å². The molecule has 2 nitrogen and oxygen atoms in total. The first kappa shape index (κ1) is 13.8. The van der Waals surface area contributed by atoms with Crippen LogP contribution in [0.3, 0.4) is 0 Å². The van der Waals surface area contributed by atoms with Crippen LogP contribution in [-0.2, 0) is 0 Å². The first-order valence-corrected chi connectivity index (χ1v) is 6.06. The van der Waals surface area contributed by atoms with Crippen LogP contribution < -0.4 is 4.90 Å². The van der Waals surface area contributed by atoms with Gasteiger partial charge in [-0.25, -0.2) is 0 Å². The highest BCUT2D eigenvalue weighted by molar-refractivity contribution is 6.33. The van der Waals surface area contributed by atoms with Gasteiger partial charge in [0.15, 0.2) is 5.78 Å². The number of unbranched alkanes of at least 4 members (excludes halogenated alkanes) is 1. The first-order chi connectivity index (χ1) is 8.06. The SMILES string of the molecule is C=CCCCN(C)c1ccc(C(C)=O)cc1Cl. The Morgan fingerprint density at radius 3 is 2.76 bits per heavy atom. The number of rotatable bonds is 6. The molecule has 0 aliphatic heterocycles. The average molecular weight is 252 g/mol. The second-order valence-corrected chi connectivity index (χ2v) is 4.48. The molecule has 0 N–H and O–H groups in total. The molecule has 3 heteroatoms. The van der Waals surface area contributed by atoms with Crippen LogP contribution in [0.15, 0.2) is 30.9 Å². The van der Waals surface area contributed by atoms with Crippen molar-refractivity contribution in [2.24, 2.45) is 0 Å². The van der Waals surface area contributed by atoms with Gasteiger partial charge < -0.3 is 4.90 Å². The summed E-state index contributed by atoms with van der Waals surface area (Å²) >= 11 is 6.17. The Bertz CT molecular complexity index is 415. The van der Waals surface area contributed by atoms with Gasteiger partial charge in [0.1, 0.15) is 0 Å². The molecule has 0 saturated carbocycles. The minimum absolute atomic E-state index is 0.0350. The Morgan fingerprint density at radius 1 is 1.53 bits per heavy atom. The van der Waals surface area contributed by atoms with Crippen molar-refractivity contribution in [3.63, 3.8) is 0 Å². The number of anilines is 1. The molecule has 0 amide bonds. The van der Waals surface area contributed by atoms with Crippen LogP contribution in [0.25, 0.3) is 0 Å². The number of ketones is 1. The average Bonchev–Trinajstić information content (AvgIpc) is 2.28. The molecule has 0 bridgehead atoms. The smallest absolute Gasteiger partial charge is 0.159 e. The Labute approximate surface area is 108 Å². The third-order valence-corrected chi connectivity index (χ3v) is 2.97. The van der Waals surface area contributed by atoms with Gasteiger partial charge >= 0.3 is 0 Å². The van der Waals surface area contributed by atoms with E-state index in [1.165, 1.54) is 0 Å². The van der Waals surface area contributed by atoms with E-state index < -0.39 is 0 Å². The van der Waals surface area contributed by atoms with Gasteiger partial charge in [-0.05, 0) is 38.0 Å². The maximum Gasteiger partial charge on any atom is 0.159 e. The van der Waals surface area contributed by atoms with Crippen LogP contribution >= 0.6 is 11.6 Å². The third-order valence-electron chi connectivity index (χ3n) is 2.67. The van der Waals surface area contributed by atoms with Crippen LogP contribution in [0.1, 0.15) is 30.1 Å². The fourth-order valence-corrected chi connectivity index (χ4v) is 1.95. The van der Waals surface area contributed by atoms with E-state index in [0.29, 0.717) is 10.6 Å². The van der Waals surface area contributed by atoms with Gasteiger partial charge in [0, 0.05) is 19.2 Å². The van der Waals surface area contributed by atoms with Gasteiger partial charge in [-0.15, -0.1) is 6.58 Å². The molecule has 17 heavy (non-hydrogen) atoms. The Kier molecular flexibility index (Phi) is 5.23. The molecule has 0 unspecified atom stereocenters. The zero-order chi connectivity index (χ0) is 12.8. The Morgan fingerprint density at radius 2 is 2.24 bits per heavy atom. The minimum Gasteiger partial charge on any atom is -0.373 e. The van der Waals surface area contributed by atoms with Crippen molar-refractivity contribution in [3.8, 4) is 0 Å². The van der Waals surface area contributed by atoms with Gasteiger partial charge in [-0.1, -0.05) is 17.7 Å². The highest BCUT2D eigenvalue weighted by Gasteiger charge is 2.08. The molecular weight excluding hydrogens is 234 g/mol. The summed E-state index contributed by atoms with van der Waals surface area (Å²) in [6.07, 6.45) is 3.95. The van der Waals surface area contributed by atoms with Crippen LogP contribution in [-0.4, -0.2) is 19.4 Å². The quantitative estimate of drug-likeness (QED) is 0.434. The molecule has 0 fully saturated rings. The van der Waals surface area contributed by atoms with E-state index in [0.717, 1.165) is 25.1 Å². The fraction of sp³-hybridized carbons (Fsp3) is 0.357. The van der Waals surface area contributed by atoms with Gasteiger partial charge in [0.05, 0.1) is 10.7 Å². The Balaban J connectivity index is 2.77. The van der Waals surface area contributed by atoms with E-state index in [1.807, 2.05) is 25.3 Å². The van der Waals surface area contributed by atoms with Crippen molar-refractivity contribution in [2.75, 3.05) is 18.5 Å². The summed E-state index contributed by atoms with van der Waals surface area (Å²) in [6, 6.07) is 5.43. The number of carbonyl (C=O) groups excluding carboxylic acids is 1. The molecule has 1 aromatic carbocycles. The largest absolute Gasteiger partial charge is 0.373 e. The van der Waals surface area contributed by atoms with Crippen molar-refractivity contribution in [2.45, 2.75) is 19.8 Å². The fourth-order valence-electron chi connectivity index (χ4n) is 1.63.